The SMILES string of the molecule is O=S(=O)(O)c1csc(Cl)c1S(=O)(=O)O. The van der Waals surface area contributed by atoms with Crippen LogP contribution in [0.1, 0.15) is 0 Å². The molecule has 0 amide bonds. The first-order valence-corrected chi connectivity index (χ1v) is 7.00. The van der Waals surface area contributed by atoms with Crippen molar-refractivity contribution in [3.63, 3.8) is 0 Å². The molecule has 0 aliphatic heterocycles. The Kier molecular flexibility index (Phi) is 2.91. The zero-order valence-corrected chi connectivity index (χ0v) is 9.41. The molecule has 0 fully saturated rings. The first kappa shape index (κ1) is 11.9. The molecule has 0 aromatic carbocycles. The van der Waals surface area contributed by atoms with Crippen molar-refractivity contribution in [2.75, 3.05) is 0 Å². The van der Waals surface area contributed by atoms with Gasteiger partial charge in [-0.1, -0.05) is 11.6 Å². The van der Waals surface area contributed by atoms with E-state index in [4.69, 9.17) is 20.7 Å². The fourth-order valence-corrected chi connectivity index (χ4v) is 4.56. The molecule has 2 N–H and O–H groups in total. The second-order valence-corrected chi connectivity index (χ2v) is 6.38. The van der Waals surface area contributed by atoms with Gasteiger partial charge in [0.05, 0.1) is 0 Å². The van der Waals surface area contributed by atoms with Crippen LogP contribution >= 0.6 is 22.9 Å². The van der Waals surface area contributed by atoms with Gasteiger partial charge in [0.2, 0.25) is 0 Å². The van der Waals surface area contributed by atoms with Gasteiger partial charge in [-0.3, -0.25) is 9.11 Å². The maximum Gasteiger partial charge on any atom is 0.298 e. The Labute approximate surface area is 88.6 Å². The Balaban J connectivity index is 3.68. The summed E-state index contributed by atoms with van der Waals surface area (Å²) in [5.74, 6) is 0. The van der Waals surface area contributed by atoms with Crippen molar-refractivity contribution >= 4 is 43.2 Å². The van der Waals surface area contributed by atoms with Crippen molar-refractivity contribution < 1.29 is 25.9 Å². The van der Waals surface area contributed by atoms with E-state index < -0.39 is 34.4 Å². The van der Waals surface area contributed by atoms with Crippen molar-refractivity contribution in [2.45, 2.75) is 9.79 Å². The van der Waals surface area contributed by atoms with Crippen LogP contribution in [0, 0.1) is 0 Å². The summed E-state index contributed by atoms with van der Waals surface area (Å²) < 4.78 is 59.4. The van der Waals surface area contributed by atoms with E-state index in [-0.39, 0.29) is 0 Å². The van der Waals surface area contributed by atoms with Crippen molar-refractivity contribution in [2.24, 2.45) is 0 Å². The number of hydrogen-bond donors (Lipinski definition) is 2. The monoisotopic (exact) mass is 278 g/mol. The van der Waals surface area contributed by atoms with Crippen molar-refractivity contribution in [3.05, 3.63) is 9.72 Å². The van der Waals surface area contributed by atoms with Crippen LogP contribution in [-0.2, 0) is 20.2 Å². The number of hydrogen-bond acceptors (Lipinski definition) is 5. The van der Waals surface area contributed by atoms with Gasteiger partial charge in [0.15, 0.2) is 0 Å². The average Bonchev–Trinajstić information content (AvgIpc) is 2.27. The molecule has 0 atom stereocenters. The lowest BCUT2D eigenvalue weighted by Gasteiger charge is -1.97. The van der Waals surface area contributed by atoms with Crippen LogP contribution in [0.25, 0.3) is 0 Å². The minimum atomic E-state index is -4.76. The van der Waals surface area contributed by atoms with E-state index >= 15 is 0 Å². The Bertz CT molecular complexity index is 552. The number of thiophene rings is 1. The van der Waals surface area contributed by atoms with Gasteiger partial charge in [0.1, 0.15) is 14.1 Å². The Morgan fingerprint density at radius 3 is 1.93 bits per heavy atom. The van der Waals surface area contributed by atoms with E-state index in [9.17, 15) is 16.8 Å². The largest absolute Gasteiger partial charge is 0.298 e. The quantitative estimate of drug-likeness (QED) is 0.778. The maximum atomic E-state index is 10.7. The molecule has 1 aromatic rings. The molecular formula is C4H3ClO6S3. The van der Waals surface area contributed by atoms with Crippen LogP contribution in [0.15, 0.2) is 15.2 Å². The topological polar surface area (TPSA) is 109 Å². The highest BCUT2D eigenvalue weighted by Crippen LogP contribution is 2.34. The standard InChI is InChI=1S/C4H3ClO6S3/c5-4-3(14(9,10)11)2(1-12-4)13(6,7)8/h1H,(H,6,7,8)(H,9,10,11). The zero-order chi connectivity index (χ0) is 11.1. The molecule has 0 aliphatic carbocycles. The fourth-order valence-electron chi connectivity index (χ4n) is 0.716. The van der Waals surface area contributed by atoms with Gasteiger partial charge >= 0.3 is 0 Å². The summed E-state index contributed by atoms with van der Waals surface area (Å²) in [4.78, 5) is -1.92. The highest BCUT2D eigenvalue weighted by atomic mass is 35.5. The van der Waals surface area contributed by atoms with Gasteiger partial charge in [-0.15, -0.1) is 11.3 Å². The minimum absolute atomic E-state index is 0.430. The normalized spacial score (nSPS) is 13.1. The molecule has 0 saturated carbocycles. The van der Waals surface area contributed by atoms with Gasteiger partial charge in [-0.2, -0.15) is 16.8 Å². The zero-order valence-electron chi connectivity index (χ0n) is 6.21. The van der Waals surface area contributed by atoms with E-state index in [0.717, 1.165) is 5.38 Å². The van der Waals surface area contributed by atoms with E-state index in [1.54, 1.807) is 0 Å². The summed E-state index contributed by atoms with van der Waals surface area (Å²) in [5.41, 5.74) is 0. The third-order valence-corrected chi connectivity index (χ3v) is 4.77. The molecule has 0 saturated heterocycles. The summed E-state index contributed by atoms with van der Waals surface area (Å²) >= 11 is 5.91. The second kappa shape index (κ2) is 3.43. The van der Waals surface area contributed by atoms with Crippen molar-refractivity contribution in [1.29, 1.82) is 0 Å². The van der Waals surface area contributed by atoms with E-state index in [1.165, 1.54) is 0 Å². The maximum absolute atomic E-state index is 10.7. The predicted molar refractivity (Wildman–Crippen MR) is 49.0 cm³/mol. The predicted octanol–water partition coefficient (Wildman–Crippen LogP) is 0.895. The van der Waals surface area contributed by atoms with E-state index in [1.807, 2.05) is 0 Å². The first-order valence-electron chi connectivity index (χ1n) is 2.86. The van der Waals surface area contributed by atoms with E-state index in [2.05, 4.69) is 0 Å². The molecule has 1 aromatic heterocycles. The molecule has 0 aliphatic rings. The smallest absolute Gasteiger partial charge is 0.282 e. The summed E-state index contributed by atoms with van der Waals surface area (Å²) in [6.45, 7) is 0. The summed E-state index contributed by atoms with van der Waals surface area (Å²) in [6.07, 6.45) is 0. The van der Waals surface area contributed by atoms with Crippen molar-refractivity contribution in [3.8, 4) is 0 Å². The third-order valence-electron chi connectivity index (χ3n) is 1.21. The second-order valence-electron chi connectivity index (χ2n) is 2.15. The van der Waals surface area contributed by atoms with E-state index in [0.29, 0.717) is 11.3 Å². The average molecular weight is 279 g/mol. The fraction of sp³-hybridized carbons (Fsp3) is 0. The molecule has 6 nitrogen and oxygen atoms in total. The molecule has 0 unspecified atom stereocenters. The lowest BCUT2D eigenvalue weighted by Crippen LogP contribution is -2.05. The lowest BCUT2D eigenvalue weighted by atomic mass is 10.7. The Morgan fingerprint density at radius 1 is 1.14 bits per heavy atom. The van der Waals surface area contributed by atoms with Crippen LogP contribution in [0.2, 0.25) is 4.34 Å². The molecular weight excluding hydrogens is 276 g/mol. The van der Waals surface area contributed by atoms with Gasteiger partial charge < -0.3 is 0 Å². The number of rotatable bonds is 2. The lowest BCUT2D eigenvalue weighted by molar-refractivity contribution is 0.467. The van der Waals surface area contributed by atoms with Crippen LogP contribution < -0.4 is 0 Å². The van der Waals surface area contributed by atoms with Crippen LogP contribution in [-0.4, -0.2) is 25.9 Å². The van der Waals surface area contributed by atoms with Crippen LogP contribution in [0.5, 0.6) is 0 Å². The first-order chi connectivity index (χ1) is 6.14. The van der Waals surface area contributed by atoms with Crippen molar-refractivity contribution in [1.82, 2.24) is 0 Å². The molecule has 1 heterocycles. The highest BCUT2D eigenvalue weighted by molar-refractivity contribution is 7.89. The molecule has 0 spiro atoms. The molecule has 0 bridgehead atoms. The Morgan fingerprint density at radius 2 is 1.64 bits per heavy atom. The highest BCUT2D eigenvalue weighted by Gasteiger charge is 2.28. The Hall–Kier alpha value is -0.190. The van der Waals surface area contributed by atoms with Gasteiger partial charge in [0.25, 0.3) is 20.2 Å². The minimum Gasteiger partial charge on any atom is -0.282 e. The summed E-state index contributed by atoms with van der Waals surface area (Å²) in [6, 6.07) is 0. The number of halogens is 1. The molecule has 10 heteroatoms. The van der Waals surface area contributed by atoms with Gasteiger partial charge in [-0.05, 0) is 0 Å². The molecule has 1 rings (SSSR count). The molecule has 80 valence electrons. The van der Waals surface area contributed by atoms with Crippen LogP contribution in [0.4, 0.5) is 0 Å². The van der Waals surface area contributed by atoms with Crippen LogP contribution in [0.3, 0.4) is 0 Å². The third kappa shape index (κ3) is 2.24. The summed E-state index contributed by atoms with van der Waals surface area (Å²) in [5, 5.41) is 0.820. The summed E-state index contributed by atoms with van der Waals surface area (Å²) in [7, 11) is -9.47. The van der Waals surface area contributed by atoms with Gasteiger partial charge in [0, 0.05) is 5.38 Å². The molecule has 0 radical (unpaired) electrons. The van der Waals surface area contributed by atoms with Gasteiger partial charge in [-0.25, -0.2) is 0 Å². The molecule has 14 heavy (non-hydrogen) atoms.